The van der Waals surface area contributed by atoms with Gasteiger partial charge in [-0.25, -0.2) is 15.0 Å². The smallest absolute Gasteiger partial charge is 0.160 e. The first-order chi connectivity index (χ1) is 33.7. The molecule has 6 nitrogen and oxygen atoms in total. The van der Waals surface area contributed by atoms with Crippen molar-refractivity contribution in [1.29, 1.82) is 0 Å². The number of para-hydroxylation sites is 3. The van der Waals surface area contributed by atoms with Crippen LogP contribution in [-0.4, -0.2) is 29.5 Å². The number of pyridine rings is 3. The molecule has 0 saturated carbocycles. The predicted octanol–water partition coefficient (Wildman–Crippen LogP) is 15.8. The summed E-state index contributed by atoms with van der Waals surface area (Å²) >= 11 is 1.81. The van der Waals surface area contributed by atoms with E-state index in [-0.39, 0.29) is 0 Å². The van der Waals surface area contributed by atoms with Crippen LogP contribution in [0.2, 0.25) is 0 Å². The molecule has 0 radical (unpaired) electrons. The van der Waals surface area contributed by atoms with Crippen LogP contribution in [0.25, 0.3) is 126 Å². The molecular weight excluding hydrogens is 849 g/mol. The summed E-state index contributed by atoms with van der Waals surface area (Å²) in [6.45, 7) is 0. The van der Waals surface area contributed by atoms with Crippen LogP contribution in [0, 0.1) is 0 Å². The van der Waals surface area contributed by atoms with Crippen molar-refractivity contribution in [2.45, 2.75) is 0 Å². The molecule has 0 aliphatic rings. The zero-order valence-corrected chi connectivity index (χ0v) is 37.3. The molecule has 318 valence electrons. The highest BCUT2D eigenvalue weighted by Gasteiger charge is 2.23. The van der Waals surface area contributed by atoms with Crippen molar-refractivity contribution in [3.63, 3.8) is 0 Å². The van der Waals surface area contributed by atoms with Gasteiger partial charge in [-0.05, 0) is 89.0 Å². The van der Waals surface area contributed by atoms with Gasteiger partial charge in [0.15, 0.2) is 5.82 Å². The molecule has 6 heterocycles. The van der Waals surface area contributed by atoms with E-state index in [9.17, 15) is 0 Å². The van der Waals surface area contributed by atoms with Crippen LogP contribution in [0.5, 0.6) is 0 Å². The minimum absolute atomic E-state index is 0.679. The molecule has 0 fully saturated rings. The molecule has 13 rings (SSSR count). The van der Waals surface area contributed by atoms with Crippen molar-refractivity contribution in [1.82, 2.24) is 29.5 Å². The largest absolute Gasteiger partial charge is 0.309 e. The van der Waals surface area contributed by atoms with E-state index in [4.69, 9.17) is 15.0 Å². The highest BCUT2D eigenvalue weighted by molar-refractivity contribution is 7.24. The standard InChI is InChI=1S/C61H38N6S/c1-2-12-43(13-3-1)61-65-52(38-53(66-61)45-15-11-17-47(37-45)67-54-22-8-5-18-48(54)49-19-6-9-23-55(49)67)40-26-24-39(25-27-40)44-14-10-16-46(36-44)58-57-56(41-28-32-62-33-29-41)59(42-30-34-63-35-31-42)68-60(57)50-20-4-7-21-51(50)64-58/h1-38H. The lowest BCUT2D eigenvalue weighted by Crippen LogP contribution is -1.98. The van der Waals surface area contributed by atoms with E-state index in [1.54, 1.807) is 0 Å². The maximum absolute atomic E-state index is 5.43. The average Bonchev–Trinajstić information content (AvgIpc) is 3.99. The Morgan fingerprint density at radius 1 is 0.368 bits per heavy atom. The topological polar surface area (TPSA) is 69.4 Å². The van der Waals surface area contributed by atoms with Gasteiger partial charge < -0.3 is 4.57 Å². The molecule has 0 spiro atoms. The lowest BCUT2D eigenvalue weighted by molar-refractivity contribution is 1.16. The zero-order chi connectivity index (χ0) is 45.0. The summed E-state index contributed by atoms with van der Waals surface area (Å²) in [7, 11) is 0. The maximum Gasteiger partial charge on any atom is 0.160 e. The fourth-order valence-electron chi connectivity index (χ4n) is 9.64. The summed E-state index contributed by atoms with van der Waals surface area (Å²) in [5.41, 5.74) is 16.6. The second-order valence-corrected chi connectivity index (χ2v) is 17.9. The molecule has 7 heteroatoms. The normalized spacial score (nSPS) is 11.5. The zero-order valence-electron chi connectivity index (χ0n) is 36.5. The number of fused-ring (bicyclic) bond motifs is 6. The van der Waals surface area contributed by atoms with Crippen molar-refractivity contribution >= 4 is 54.1 Å². The van der Waals surface area contributed by atoms with Crippen molar-refractivity contribution in [3.8, 4) is 83.5 Å². The summed E-state index contributed by atoms with van der Waals surface area (Å²) in [6, 6.07) is 72.6. The lowest BCUT2D eigenvalue weighted by Gasteiger charge is -2.13. The van der Waals surface area contributed by atoms with Crippen LogP contribution in [-0.2, 0) is 0 Å². The first kappa shape index (κ1) is 39.5. The van der Waals surface area contributed by atoms with Crippen molar-refractivity contribution in [3.05, 3.63) is 231 Å². The predicted molar refractivity (Wildman–Crippen MR) is 281 cm³/mol. The van der Waals surface area contributed by atoms with Crippen molar-refractivity contribution in [2.24, 2.45) is 0 Å². The van der Waals surface area contributed by atoms with Gasteiger partial charge in [-0.2, -0.15) is 0 Å². The molecule has 0 aliphatic carbocycles. The molecule has 0 unspecified atom stereocenters. The Morgan fingerprint density at radius 3 is 1.68 bits per heavy atom. The fourth-order valence-corrected chi connectivity index (χ4v) is 11.0. The quantitative estimate of drug-likeness (QED) is 0.152. The maximum atomic E-state index is 5.43. The molecular formula is C61H38N6S. The van der Waals surface area contributed by atoms with Crippen LogP contribution in [0.3, 0.4) is 0 Å². The number of hydrogen-bond donors (Lipinski definition) is 0. The van der Waals surface area contributed by atoms with Gasteiger partial charge in [-0.1, -0.05) is 140 Å². The number of nitrogens with zero attached hydrogens (tertiary/aromatic N) is 6. The first-order valence-electron chi connectivity index (χ1n) is 22.6. The van der Waals surface area contributed by atoms with E-state index < -0.39 is 0 Å². The van der Waals surface area contributed by atoms with Crippen LogP contribution in [0.4, 0.5) is 0 Å². The molecule has 13 aromatic rings. The Balaban J connectivity index is 0.911. The Kier molecular flexibility index (Phi) is 9.58. The number of benzene rings is 7. The molecule has 0 saturated heterocycles. The summed E-state index contributed by atoms with van der Waals surface area (Å²) in [5.74, 6) is 0.679. The number of thiophene rings is 1. The Bertz CT molecular complexity index is 3960. The summed E-state index contributed by atoms with van der Waals surface area (Å²) in [4.78, 5) is 25.7. The summed E-state index contributed by atoms with van der Waals surface area (Å²) in [6.07, 6.45) is 7.45. The monoisotopic (exact) mass is 886 g/mol. The SMILES string of the molecule is c1ccc(-c2nc(-c3ccc(-c4cccc(-c5nc6ccccc6c6sc(-c7ccncc7)c(-c7ccncc7)c56)c4)cc3)cc(-c3cccc(-n4c5ccccc5c5ccccc54)c3)n2)cc1. The minimum atomic E-state index is 0.679. The molecule has 0 atom stereocenters. The Labute approximate surface area is 396 Å². The highest BCUT2D eigenvalue weighted by atomic mass is 32.1. The number of hydrogen-bond acceptors (Lipinski definition) is 6. The van der Waals surface area contributed by atoms with Crippen molar-refractivity contribution < 1.29 is 0 Å². The summed E-state index contributed by atoms with van der Waals surface area (Å²) < 4.78 is 3.55. The van der Waals surface area contributed by atoms with Crippen LogP contribution in [0.1, 0.15) is 0 Å². The number of rotatable bonds is 8. The minimum Gasteiger partial charge on any atom is -0.309 e. The van der Waals surface area contributed by atoms with Gasteiger partial charge >= 0.3 is 0 Å². The molecule has 68 heavy (non-hydrogen) atoms. The van der Waals surface area contributed by atoms with Crippen molar-refractivity contribution in [2.75, 3.05) is 0 Å². The number of aromatic nitrogens is 6. The highest BCUT2D eigenvalue weighted by Crippen LogP contribution is 2.50. The first-order valence-corrected chi connectivity index (χ1v) is 23.4. The Hall–Kier alpha value is -8.91. The van der Waals surface area contributed by atoms with Gasteiger partial charge in [0.05, 0.1) is 33.6 Å². The molecule has 6 aromatic heterocycles. The molecule has 7 aromatic carbocycles. The lowest BCUT2D eigenvalue weighted by atomic mass is 9.94. The van der Waals surface area contributed by atoms with Gasteiger partial charge in [-0.15, -0.1) is 11.3 Å². The van der Waals surface area contributed by atoms with E-state index in [0.29, 0.717) is 5.82 Å². The van der Waals surface area contributed by atoms with E-state index in [2.05, 4.69) is 203 Å². The van der Waals surface area contributed by atoms with E-state index in [1.165, 1.54) is 31.4 Å². The fraction of sp³-hybridized carbons (Fsp3) is 0. The van der Waals surface area contributed by atoms with Gasteiger partial charge in [0.2, 0.25) is 0 Å². The van der Waals surface area contributed by atoms with Crippen LogP contribution < -0.4 is 0 Å². The molecule has 0 N–H and O–H groups in total. The second-order valence-electron chi connectivity index (χ2n) is 16.9. The van der Waals surface area contributed by atoms with E-state index in [0.717, 1.165) is 89.1 Å². The van der Waals surface area contributed by atoms with Gasteiger partial charge in [0.25, 0.3) is 0 Å². The summed E-state index contributed by atoms with van der Waals surface area (Å²) in [5, 5.41) is 4.73. The van der Waals surface area contributed by atoms with Gasteiger partial charge in [0, 0.05) is 89.4 Å². The van der Waals surface area contributed by atoms with E-state index >= 15 is 0 Å². The Morgan fingerprint density at radius 2 is 0.941 bits per heavy atom. The molecule has 0 amide bonds. The van der Waals surface area contributed by atoms with Gasteiger partial charge in [0.1, 0.15) is 0 Å². The van der Waals surface area contributed by atoms with Gasteiger partial charge in [-0.3, -0.25) is 9.97 Å². The third-order valence-corrected chi connectivity index (χ3v) is 14.1. The third kappa shape index (κ3) is 6.84. The van der Waals surface area contributed by atoms with Crippen LogP contribution >= 0.6 is 11.3 Å². The average molecular weight is 887 g/mol. The molecule has 0 bridgehead atoms. The van der Waals surface area contributed by atoms with E-state index in [1.807, 2.05) is 54.3 Å². The van der Waals surface area contributed by atoms with Crippen LogP contribution in [0.15, 0.2) is 231 Å². The third-order valence-electron chi connectivity index (χ3n) is 12.8. The molecule has 0 aliphatic heterocycles. The second kappa shape index (κ2) is 16.5.